The van der Waals surface area contributed by atoms with E-state index in [-0.39, 0.29) is 11.3 Å². The zero-order valence-corrected chi connectivity index (χ0v) is 10.6. The summed E-state index contributed by atoms with van der Waals surface area (Å²) in [5.41, 5.74) is 5.92. The summed E-state index contributed by atoms with van der Waals surface area (Å²) in [6.45, 7) is 3.72. The minimum Gasteiger partial charge on any atom is -0.327 e. The molecule has 0 aromatic carbocycles. The molecule has 1 aliphatic rings. The molecule has 0 aromatic rings. The molecule has 0 spiro atoms. The SMILES string of the molecule is CCC(C)S(=O)(=O)CCC1CCCC1N. The predicted octanol–water partition coefficient (Wildman–Crippen LogP) is 1.72. The van der Waals surface area contributed by atoms with Gasteiger partial charge in [-0.2, -0.15) is 0 Å². The molecular formula is C11H23NO2S. The zero-order valence-electron chi connectivity index (χ0n) is 9.78. The molecule has 1 rings (SSSR count). The Labute approximate surface area is 93.3 Å². The second-order valence-corrected chi connectivity index (χ2v) is 7.27. The van der Waals surface area contributed by atoms with Crippen LogP contribution in [0.4, 0.5) is 0 Å². The van der Waals surface area contributed by atoms with Gasteiger partial charge in [0, 0.05) is 6.04 Å². The lowest BCUT2D eigenvalue weighted by Gasteiger charge is -2.16. The Balaban J connectivity index is 2.42. The highest BCUT2D eigenvalue weighted by atomic mass is 32.2. The molecule has 0 amide bonds. The molecule has 1 aliphatic carbocycles. The number of rotatable bonds is 5. The molecule has 2 N–H and O–H groups in total. The van der Waals surface area contributed by atoms with Crippen molar-refractivity contribution in [3.05, 3.63) is 0 Å². The summed E-state index contributed by atoms with van der Waals surface area (Å²) >= 11 is 0. The van der Waals surface area contributed by atoms with Gasteiger partial charge in [0.2, 0.25) is 0 Å². The van der Waals surface area contributed by atoms with Crippen molar-refractivity contribution < 1.29 is 8.42 Å². The van der Waals surface area contributed by atoms with E-state index in [1.807, 2.05) is 6.92 Å². The van der Waals surface area contributed by atoms with Gasteiger partial charge >= 0.3 is 0 Å². The zero-order chi connectivity index (χ0) is 11.5. The maximum Gasteiger partial charge on any atom is 0.152 e. The van der Waals surface area contributed by atoms with Crippen LogP contribution in [0.25, 0.3) is 0 Å². The highest BCUT2D eigenvalue weighted by Crippen LogP contribution is 2.27. The second kappa shape index (κ2) is 5.30. The molecule has 15 heavy (non-hydrogen) atoms. The monoisotopic (exact) mass is 233 g/mol. The van der Waals surface area contributed by atoms with E-state index in [1.54, 1.807) is 6.92 Å². The molecule has 3 nitrogen and oxygen atoms in total. The van der Waals surface area contributed by atoms with E-state index in [2.05, 4.69) is 0 Å². The van der Waals surface area contributed by atoms with Crippen LogP contribution in [0.2, 0.25) is 0 Å². The van der Waals surface area contributed by atoms with Crippen molar-refractivity contribution in [3.8, 4) is 0 Å². The first kappa shape index (κ1) is 13.0. The molecular weight excluding hydrogens is 210 g/mol. The van der Waals surface area contributed by atoms with Crippen molar-refractivity contribution in [1.82, 2.24) is 0 Å². The first-order valence-electron chi connectivity index (χ1n) is 5.94. The third-order valence-electron chi connectivity index (χ3n) is 3.68. The van der Waals surface area contributed by atoms with Crippen molar-refractivity contribution in [2.24, 2.45) is 11.7 Å². The van der Waals surface area contributed by atoms with E-state index >= 15 is 0 Å². The van der Waals surface area contributed by atoms with Crippen LogP contribution in [0, 0.1) is 5.92 Å². The number of nitrogens with two attached hydrogens (primary N) is 1. The molecule has 0 heterocycles. The molecule has 4 heteroatoms. The lowest BCUT2D eigenvalue weighted by atomic mass is 10.0. The van der Waals surface area contributed by atoms with Crippen LogP contribution in [0.15, 0.2) is 0 Å². The Morgan fingerprint density at radius 1 is 1.40 bits per heavy atom. The lowest BCUT2D eigenvalue weighted by Crippen LogP contribution is -2.28. The van der Waals surface area contributed by atoms with Crippen molar-refractivity contribution >= 4 is 9.84 Å². The summed E-state index contributed by atoms with van der Waals surface area (Å²) < 4.78 is 23.6. The molecule has 1 fully saturated rings. The highest BCUT2D eigenvalue weighted by molar-refractivity contribution is 7.91. The average molecular weight is 233 g/mol. The van der Waals surface area contributed by atoms with E-state index in [1.165, 1.54) is 0 Å². The predicted molar refractivity (Wildman–Crippen MR) is 63.5 cm³/mol. The van der Waals surface area contributed by atoms with E-state index in [0.29, 0.717) is 18.1 Å². The Bertz CT molecular complexity index is 287. The smallest absolute Gasteiger partial charge is 0.152 e. The molecule has 0 saturated heterocycles. The molecule has 1 saturated carbocycles. The van der Waals surface area contributed by atoms with Crippen molar-refractivity contribution in [3.63, 3.8) is 0 Å². The fourth-order valence-corrected chi connectivity index (χ4v) is 3.74. The molecule has 0 radical (unpaired) electrons. The molecule has 3 unspecified atom stereocenters. The minimum absolute atomic E-state index is 0.199. The topological polar surface area (TPSA) is 60.2 Å². The van der Waals surface area contributed by atoms with Crippen LogP contribution in [-0.4, -0.2) is 25.5 Å². The number of hydrogen-bond acceptors (Lipinski definition) is 3. The van der Waals surface area contributed by atoms with E-state index < -0.39 is 9.84 Å². The Morgan fingerprint density at radius 2 is 2.07 bits per heavy atom. The van der Waals surface area contributed by atoms with Crippen LogP contribution in [-0.2, 0) is 9.84 Å². The Hall–Kier alpha value is -0.0900. The van der Waals surface area contributed by atoms with Gasteiger partial charge < -0.3 is 5.73 Å². The maximum atomic E-state index is 11.8. The summed E-state index contributed by atoms with van der Waals surface area (Å²) in [5, 5.41) is -0.199. The van der Waals surface area contributed by atoms with Gasteiger partial charge in [-0.15, -0.1) is 0 Å². The van der Waals surface area contributed by atoms with Crippen molar-refractivity contribution in [2.75, 3.05) is 5.75 Å². The summed E-state index contributed by atoms with van der Waals surface area (Å²) in [7, 11) is -2.88. The summed E-state index contributed by atoms with van der Waals surface area (Å²) in [4.78, 5) is 0. The van der Waals surface area contributed by atoms with Crippen LogP contribution >= 0.6 is 0 Å². The largest absolute Gasteiger partial charge is 0.327 e. The van der Waals surface area contributed by atoms with E-state index in [4.69, 9.17) is 5.73 Å². The van der Waals surface area contributed by atoms with Gasteiger partial charge in [0.05, 0.1) is 11.0 Å². The molecule has 90 valence electrons. The Morgan fingerprint density at radius 3 is 2.53 bits per heavy atom. The fraction of sp³-hybridized carbons (Fsp3) is 1.00. The van der Waals surface area contributed by atoms with Gasteiger partial charge in [0.15, 0.2) is 9.84 Å². The molecule has 0 bridgehead atoms. The molecule has 0 aromatic heterocycles. The lowest BCUT2D eigenvalue weighted by molar-refractivity contribution is 0.463. The van der Waals surface area contributed by atoms with Crippen molar-refractivity contribution in [1.29, 1.82) is 0 Å². The summed E-state index contributed by atoms with van der Waals surface area (Å²) in [6, 6.07) is 0.233. The van der Waals surface area contributed by atoms with Crippen LogP contribution in [0.5, 0.6) is 0 Å². The third kappa shape index (κ3) is 3.45. The van der Waals surface area contributed by atoms with Gasteiger partial charge in [-0.25, -0.2) is 8.42 Å². The van der Waals surface area contributed by atoms with Gasteiger partial charge in [-0.05, 0) is 38.5 Å². The first-order valence-corrected chi connectivity index (χ1v) is 7.66. The normalized spacial score (nSPS) is 29.3. The van der Waals surface area contributed by atoms with Gasteiger partial charge in [-0.1, -0.05) is 13.3 Å². The van der Waals surface area contributed by atoms with Crippen molar-refractivity contribution in [2.45, 2.75) is 57.2 Å². The van der Waals surface area contributed by atoms with Gasteiger partial charge in [0.25, 0.3) is 0 Å². The van der Waals surface area contributed by atoms with Gasteiger partial charge in [0.1, 0.15) is 0 Å². The number of hydrogen-bond donors (Lipinski definition) is 1. The average Bonchev–Trinajstić information content (AvgIpc) is 2.60. The first-order chi connectivity index (χ1) is 6.97. The fourth-order valence-electron chi connectivity index (χ4n) is 2.19. The summed E-state index contributed by atoms with van der Waals surface area (Å²) in [6.07, 6.45) is 4.80. The van der Waals surface area contributed by atoms with Crippen LogP contribution in [0.3, 0.4) is 0 Å². The quantitative estimate of drug-likeness (QED) is 0.786. The van der Waals surface area contributed by atoms with Crippen LogP contribution in [0.1, 0.15) is 46.0 Å². The highest BCUT2D eigenvalue weighted by Gasteiger charge is 2.27. The minimum atomic E-state index is -2.88. The van der Waals surface area contributed by atoms with Gasteiger partial charge in [-0.3, -0.25) is 0 Å². The molecule has 0 aliphatic heterocycles. The maximum absolute atomic E-state index is 11.8. The standard InChI is InChI=1S/C11H23NO2S/c1-3-9(2)15(13,14)8-7-10-5-4-6-11(10)12/h9-11H,3-8,12H2,1-2H3. The van der Waals surface area contributed by atoms with E-state index in [9.17, 15) is 8.42 Å². The summed E-state index contributed by atoms with van der Waals surface area (Å²) in [5.74, 6) is 0.754. The third-order valence-corrected chi connectivity index (χ3v) is 6.04. The number of sulfone groups is 1. The second-order valence-electron chi connectivity index (χ2n) is 4.73. The van der Waals surface area contributed by atoms with Crippen LogP contribution < -0.4 is 5.73 Å². The van der Waals surface area contributed by atoms with E-state index in [0.717, 1.165) is 25.7 Å². The Kier molecular flexibility index (Phi) is 4.59. The molecule has 3 atom stereocenters.